The van der Waals surface area contributed by atoms with E-state index in [-0.39, 0.29) is 30.5 Å². The minimum atomic E-state index is -0.0404. The third kappa shape index (κ3) is 5.16. The van der Waals surface area contributed by atoms with Crippen LogP contribution in [0.1, 0.15) is 18.1 Å². The molecule has 2 heterocycles. The molecule has 3 rings (SSSR count). The molecule has 0 spiro atoms. The van der Waals surface area contributed by atoms with E-state index < -0.39 is 0 Å². The quantitative estimate of drug-likeness (QED) is 0.837. The molecule has 5 nitrogen and oxygen atoms in total. The summed E-state index contributed by atoms with van der Waals surface area (Å²) in [4.78, 5) is 14.4. The zero-order valence-corrected chi connectivity index (χ0v) is 15.3. The molecule has 1 amide bonds. The monoisotopic (exact) mass is 404 g/mol. The van der Waals surface area contributed by atoms with E-state index in [0.717, 1.165) is 23.2 Å². The molecule has 1 aromatic rings. The summed E-state index contributed by atoms with van der Waals surface area (Å²) in [7, 11) is 0. The molecular weight excluding hydrogens is 384 g/mol. The first kappa shape index (κ1) is 18.7. The summed E-state index contributed by atoms with van der Waals surface area (Å²) in [5.74, 6) is 0.174. The lowest BCUT2D eigenvalue weighted by molar-refractivity contribution is -0.140. The first-order chi connectivity index (χ1) is 10.7. The Hall–Kier alpha value is -0.660. The van der Waals surface area contributed by atoms with Crippen molar-refractivity contribution in [3.05, 3.63) is 34.3 Å². The predicted octanol–water partition coefficient (Wildman–Crippen LogP) is 2.15. The number of amides is 1. The van der Waals surface area contributed by atoms with E-state index in [4.69, 9.17) is 9.47 Å². The highest BCUT2D eigenvalue weighted by Crippen LogP contribution is 2.24. The molecule has 1 aromatic carbocycles. The topological polar surface area (TPSA) is 50.8 Å². The number of morpholine rings is 2. The normalized spacial score (nSPS) is 24.8. The van der Waals surface area contributed by atoms with Gasteiger partial charge < -0.3 is 19.7 Å². The van der Waals surface area contributed by atoms with Gasteiger partial charge in [-0.1, -0.05) is 28.1 Å². The molecule has 2 saturated heterocycles. The van der Waals surface area contributed by atoms with Gasteiger partial charge in [0.25, 0.3) is 0 Å². The van der Waals surface area contributed by atoms with Crippen LogP contribution in [0.15, 0.2) is 28.7 Å². The van der Waals surface area contributed by atoms with E-state index in [1.165, 1.54) is 0 Å². The lowest BCUT2D eigenvalue weighted by atomic mass is 10.1. The summed E-state index contributed by atoms with van der Waals surface area (Å²) in [6.45, 7) is 4.04. The molecular formula is C16H22BrClN2O3. The van der Waals surface area contributed by atoms with Gasteiger partial charge in [-0.3, -0.25) is 4.79 Å². The summed E-state index contributed by atoms with van der Waals surface area (Å²) < 4.78 is 12.3. The second-order valence-corrected chi connectivity index (χ2v) is 6.60. The van der Waals surface area contributed by atoms with Crippen molar-refractivity contribution >= 4 is 34.2 Å². The highest BCUT2D eigenvalue weighted by molar-refractivity contribution is 9.10. The summed E-state index contributed by atoms with van der Waals surface area (Å²) in [6, 6.07) is 8.22. The summed E-state index contributed by atoms with van der Waals surface area (Å²) in [5.41, 5.74) is 1.11. The maximum absolute atomic E-state index is 12.5. The molecule has 0 radical (unpaired) electrons. The Morgan fingerprint density at radius 2 is 2.09 bits per heavy atom. The molecule has 7 heteroatoms. The average molecular weight is 406 g/mol. The Labute approximate surface area is 151 Å². The van der Waals surface area contributed by atoms with Gasteiger partial charge in [0.15, 0.2) is 0 Å². The van der Waals surface area contributed by atoms with Gasteiger partial charge >= 0.3 is 0 Å². The lowest BCUT2D eigenvalue weighted by Gasteiger charge is -2.34. The van der Waals surface area contributed by atoms with Gasteiger partial charge in [-0.05, 0) is 17.7 Å². The van der Waals surface area contributed by atoms with Crippen LogP contribution in [0.4, 0.5) is 0 Å². The molecule has 2 atom stereocenters. The van der Waals surface area contributed by atoms with Crippen molar-refractivity contribution in [3.8, 4) is 0 Å². The maximum atomic E-state index is 12.5. The second-order valence-electron chi connectivity index (χ2n) is 5.68. The molecule has 23 heavy (non-hydrogen) atoms. The number of hydrogen-bond acceptors (Lipinski definition) is 4. The van der Waals surface area contributed by atoms with Gasteiger partial charge in [0.2, 0.25) is 5.91 Å². The zero-order valence-electron chi connectivity index (χ0n) is 12.9. The minimum Gasteiger partial charge on any atom is -0.378 e. The van der Waals surface area contributed by atoms with Gasteiger partial charge in [-0.15, -0.1) is 12.4 Å². The molecule has 0 saturated carbocycles. The maximum Gasteiger partial charge on any atom is 0.224 e. The number of halogens is 2. The van der Waals surface area contributed by atoms with Crippen LogP contribution in [0.5, 0.6) is 0 Å². The van der Waals surface area contributed by atoms with Crippen LogP contribution >= 0.6 is 28.3 Å². The minimum absolute atomic E-state index is 0. The van der Waals surface area contributed by atoms with Crippen molar-refractivity contribution in [1.29, 1.82) is 0 Å². The van der Waals surface area contributed by atoms with Gasteiger partial charge in [-0.25, -0.2) is 0 Å². The Kier molecular flexibility index (Phi) is 7.30. The second kappa shape index (κ2) is 8.99. The van der Waals surface area contributed by atoms with Crippen LogP contribution in [0.2, 0.25) is 0 Å². The number of nitrogens with one attached hydrogen (secondary N) is 1. The third-order valence-electron chi connectivity index (χ3n) is 4.08. The highest BCUT2D eigenvalue weighted by atomic mass is 79.9. The van der Waals surface area contributed by atoms with Crippen molar-refractivity contribution in [2.45, 2.75) is 18.6 Å². The van der Waals surface area contributed by atoms with E-state index in [9.17, 15) is 4.79 Å². The summed E-state index contributed by atoms with van der Waals surface area (Å²) in [6.07, 6.45) is 0.453. The van der Waals surface area contributed by atoms with Crippen LogP contribution in [-0.2, 0) is 14.3 Å². The van der Waals surface area contributed by atoms with E-state index in [0.29, 0.717) is 32.7 Å². The standard InChI is InChI=1S/C16H21BrN2O3.ClH/c17-13-3-1-12(2-4-13)15-10-19(6-8-22-15)16(20)9-14-11-21-7-5-18-14;/h1-4,14-15,18H,5-11H2;1H. The van der Waals surface area contributed by atoms with Crippen LogP contribution in [0.3, 0.4) is 0 Å². The SMILES string of the molecule is Cl.O=C(CC1COCCN1)N1CCOC(c2ccc(Br)cc2)C1. The molecule has 1 N–H and O–H groups in total. The molecule has 0 aliphatic carbocycles. The third-order valence-corrected chi connectivity index (χ3v) is 4.61. The molecule has 0 aromatic heterocycles. The Balaban J connectivity index is 0.00000192. The zero-order chi connectivity index (χ0) is 15.4. The molecule has 2 aliphatic rings. The first-order valence-electron chi connectivity index (χ1n) is 7.68. The Morgan fingerprint density at radius 1 is 1.30 bits per heavy atom. The number of hydrogen-bond donors (Lipinski definition) is 1. The molecule has 2 fully saturated rings. The van der Waals surface area contributed by atoms with Gasteiger partial charge in [0.1, 0.15) is 6.10 Å². The number of carbonyl (C=O) groups excluding carboxylic acids is 1. The van der Waals surface area contributed by atoms with E-state index in [1.807, 2.05) is 29.2 Å². The average Bonchev–Trinajstić information content (AvgIpc) is 2.56. The summed E-state index contributed by atoms with van der Waals surface area (Å²) in [5, 5.41) is 3.33. The number of carbonyl (C=O) groups is 1. The van der Waals surface area contributed by atoms with E-state index in [1.54, 1.807) is 0 Å². The van der Waals surface area contributed by atoms with Crippen molar-refractivity contribution < 1.29 is 14.3 Å². The number of benzene rings is 1. The van der Waals surface area contributed by atoms with E-state index >= 15 is 0 Å². The highest BCUT2D eigenvalue weighted by Gasteiger charge is 2.27. The van der Waals surface area contributed by atoms with Gasteiger partial charge in [0.05, 0.1) is 26.4 Å². The molecule has 2 unspecified atom stereocenters. The fourth-order valence-electron chi connectivity index (χ4n) is 2.85. The fourth-order valence-corrected chi connectivity index (χ4v) is 3.11. The van der Waals surface area contributed by atoms with Crippen LogP contribution in [-0.4, -0.2) is 56.3 Å². The predicted molar refractivity (Wildman–Crippen MR) is 93.9 cm³/mol. The van der Waals surface area contributed by atoms with Crippen LogP contribution < -0.4 is 5.32 Å². The Bertz CT molecular complexity index is 509. The number of ether oxygens (including phenoxy) is 2. The van der Waals surface area contributed by atoms with Crippen molar-refractivity contribution in [2.24, 2.45) is 0 Å². The largest absolute Gasteiger partial charge is 0.378 e. The van der Waals surface area contributed by atoms with Crippen LogP contribution in [0.25, 0.3) is 0 Å². The smallest absolute Gasteiger partial charge is 0.224 e. The molecule has 0 bridgehead atoms. The van der Waals surface area contributed by atoms with Gasteiger partial charge in [-0.2, -0.15) is 0 Å². The van der Waals surface area contributed by atoms with Gasteiger partial charge in [0, 0.05) is 30.0 Å². The summed E-state index contributed by atoms with van der Waals surface area (Å²) >= 11 is 3.44. The van der Waals surface area contributed by atoms with Crippen molar-refractivity contribution in [3.63, 3.8) is 0 Å². The lowest BCUT2D eigenvalue weighted by Crippen LogP contribution is -2.48. The first-order valence-corrected chi connectivity index (χ1v) is 8.47. The van der Waals surface area contributed by atoms with E-state index in [2.05, 4.69) is 21.2 Å². The number of rotatable bonds is 3. The van der Waals surface area contributed by atoms with Crippen molar-refractivity contribution in [2.75, 3.05) is 39.5 Å². The molecule has 128 valence electrons. The van der Waals surface area contributed by atoms with Crippen LogP contribution in [0, 0.1) is 0 Å². The molecule has 2 aliphatic heterocycles. The Morgan fingerprint density at radius 3 is 2.78 bits per heavy atom. The number of nitrogens with zero attached hydrogens (tertiary/aromatic N) is 1. The fraction of sp³-hybridized carbons (Fsp3) is 0.562. The van der Waals surface area contributed by atoms with Crippen molar-refractivity contribution in [1.82, 2.24) is 10.2 Å².